The van der Waals surface area contributed by atoms with Crippen LogP contribution in [-0.4, -0.2) is 23.1 Å². The minimum atomic E-state index is -0.840. The van der Waals surface area contributed by atoms with E-state index in [1.165, 1.54) is 18.3 Å². The summed E-state index contributed by atoms with van der Waals surface area (Å²) in [5.74, 6) is -1.01. The van der Waals surface area contributed by atoms with Gasteiger partial charge in [-0.2, -0.15) is 10.5 Å². The molecule has 3 heterocycles. The summed E-state index contributed by atoms with van der Waals surface area (Å²) >= 11 is 1.19. The second kappa shape index (κ2) is 7.60. The van der Waals surface area contributed by atoms with E-state index in [2.05, 4.69) is 5.32 Å². The molecule has 0 aromatic carbocycles. The van der Waals surface area contributed by atoms with Gasteiger partial charge in [-0.3, -0.25) is 9.36 Å². The van der Waals surface area contributed by atoms with E-state index in [0.717, 1.165) is 0 Å². The fraction of sp³-hybridized carbons (Fsp3) is 0.111. The topological polar surface area (TPSA) is 121 Å². The van der Waals surface area contributed by atoms with E-state index < -0.39 is 18.5 Å². The Bertz CT molecular complexity index is 1080. The molecule has 134 valence electrons. The van der Waals surface area contributed by atoms with Crippen LogP contribution in [0.1, 0.15) is 27.2 Å². The van der Waals surface area contributed by atoms with Crippen LogP contribution in [0.5, 0.6) is 0 Å². The number of nitrogens with one attached hydrogen (secondary N) is 1. The van der Waals surface area contributed by atoms with Crippen LogP contribution in [0, 0.1) is 29.6 Å². The molecule has 0 aliphatic heterocycles. The average molecular weight is 380 g/mol. The van der Waals surface area contributed by atoms with Crippen molar-refractivity contribution in [2.45, 2.75) is 6.92 Å². The molecular weight excluding hydrogens is 368 g/mol. The number of furan rings is 1. The van der Waals surface area contributed by atoms with Gasteiger partial charge in [-0.05, 0) is 30.5 Å². The summed E-state index contributed by atoms with van der Waals surface area (Å²) < 4.78 is 12.1. The number of aromatic nitrogens is 1. The highest BCUT2D eigenvalue weighted by Gasteiger charge is 2.26. The number of carbonyl (C=O) groups is 2. The standard InChI is InChI=1S/C18H12N4O4S/c1-11-15(13(9-20)17(26-11)22-5-2-3-6-22)18(24)25-10-14(23)21-16-12(8-19)4-7-27-16/h2-7H,10H2,1H3,(H,21,23). The zero-order valence-electron chi connectivity index (χ0n) is 14.1. The quantitative estimate of drug-likeness (QED) is 0.679. The number of amides is 1. The van der Waals surface area contributed by atoms with Crippen molar-refractivity contribution >= 4 is 28.2 Å². The van der Waals surface area contributed by atoms with Crippen LogP contribution in [0.25, 0.3) is 5.88 Å². The highest BCUT2D eigenvalue weighted by Crippen LogP contribution is 2.26. The lowest BCUT2D eigenvalue weighted by Crippen LogP contribution is -2.21. The van der Waals surface area contributed by atoms with Gasteiger partial charge in [-0.1, -0.05) is 0 Å². The molecule has 3 aromatic rings. The number of rotatable bonds is 5. The van der Waals surface area contributed by atoms with Crippen molar-refractivity contribution in [2.75, 3.05) is 11.9 Å². The van der Waals surface area contributed by atoms with Crippen molar-refractivity contribution in [3.8, 4) is 18.0 Å². The monoisotopic (exact) mass is 380 g/mol. The van der Waals surface area contributed by atoms with E-state index in [0.29, 0.717) is 10.6 Å². The Morgan fingerprint density at radius 1 is 1.30 bits per heavy atom. The predicted molar refractivity (Wildman–Crippen MR) is 95.4 cm³/mol. The molecule has 0 fully saturated rings. The van der Waals surface area contributed by atoms with Gasteiger partial charge >= 0.3 is 5.97 Å². The molecule has 0 aliphatic rings. The van der Waals surface area contributed by atoms with Crippen LogP contribution in [0.3, 0.4) is 0 Å². The molecule has 0 saturated heterocycles. The lowest BCUT2D eigenvalue weighted by molar-refractivity contribution is -0.119. The molecule has 3 aromatic heterocycles. The molecule has 0 spiro atoms. The van der Waals surface area contributed by atoms with Crippen molar-refractivity contribution in [1.82, 2.24) is 4.57 Å². The fourth-order valence-electron chi connectivity index (χ4n) is 2.39. The lowest BCUT2D eigenvalue weighted by atomic mass is 10.1. The van der Waals surface area contributed by atoms with E-state index in [4.69, 9.17) is 14.4 Å². The molecule has 0 radical (unpaired) electrons. The van der Waals surface area contributed by atoms with Crippen LogP contribution in [0.15, 0.2) is 40.4 Å². The number of anilines is 1. The number of thiophene rings is 1. The zero-order valence-corrected chi connectivity index (χ0v) is 14.9. The van der Waals surface area contributed by atoms with Gasteiger partial charge < -0.3 is 14.5 Å². The Balaban J connectivity index is 1.73. The van der Waals surface area contributed by atoms with Crippen LogP contribution in [0.2, 0.25) is 0 Å². The third-order valence-electron chi connectivity index (χ3n) is 3.59. The van der Waals surface area contributed by atoms with Crippen molar-refractivity contribution in [3.05, 3.63) is 58.4 Å². The molecular formula is C18H12N4O4S. The third-order valence-corrected chi connectivity index (χ3v) is 4.42. The summed E-state index contributed by atoms with van der Waals surface area (Å²) in [6.07, 6.45) is 3.35. The number of hydrogen-bond acceptors (Lipinski definition) is 7. The first kappa shape index (κ1) is 18.0. The number of nitrogens with zero attached hydrogens (tertiary/aromatic N) is 3. The van der Waals surface area contributed by atoms with Crippen LogP contribution < -0.4 is 5.32 Å². The normalized spacial score (nSPS) is 10.0. The molecule has 1 amide bonds. The van der Waals surface area contributed by atoms with Gasteiger partial charge in [0.15, 0.2) is 6.61 Å². The first-order valence-corrected chi connectivity index (χ1v) is 8.54. The molecule has 0 aliphatic carbocycles. The summed E-state index contributed by atoms with van der Waals surface area (Å²) in [4.78, 5) is 24.3. The Kier molecular flexibility index (Phi) is 5.06. The molecule has 0 bridgehead atoms. The average Bonchev–Trinajstić information content (AvgIpc) is 3.38. The Morgan fingerprint density at radius 3 is 2.70 bits per heavy atom. The number of esters is 1. The van der Waals surface area contributed by atoms with Gasteiger partial charge in [0.25, 0.3) is 5.91 Å². The number of ether oxygens (including phenoxy) is 1. The summed E-state index contributed by atoms with van der Waals surface area (Å²) in [5.41, 5.74) is 0.329. The van der Waals surface area contributed by atoms with Crippen LogP contribution in [0.4, 0.5) is 5.00 Å². The first-order valence-electron chi connectivity index (χ1n) is 7.66. The number of aryl methyl sites for hydroxylation is 1. The number of nitriles is 2. The van der Waals surface area contributed by atoms with Crippen LogP contribution >= 0.6 is 11.3 Å². The van der Waals surface area contributed by atoms with Crippen molar-refractivity contribution in [3.63, 3.8) is 0 Å². The second-order valence-corrected chi connectivity index (χ2v) is 6.23. The van der Waals surface area contributed by atoms with Crippen molar-refractivity contribution in [1.29, 1.82) is 10.5 Å². The SMILES string of the molecule is Cc1oc(-n2cccc2)c(C#N)c1C(=O)OCC(=O)Nc1sccc1C#N. The maximum Gasteiger partial charge on any atom is 0.343 e. The predicted octanol–water partition coefficient (Wildman–Crippen LogP) is 2.98. The van der Waals surface area contributed by atoms with Gasteiger partial charge in [0.1, 0.15) is 34.0 Å². The Labute approximate surface area is 157 Å². The van der Waals surface area contributed by atoms with E-state index in [-0.39, 0.29) is 22.8 Å². The van der Waals surface area contributed by atoms with E-state index >= 15 is 0 Å². The van der Waals surface area contributed by atoms with Gasteiger partial charge in [0, 0.05) is 12.4 Å². The van der Waals surface area contributed by atoms with Crippen LogP contribution in [-0.2, 0) is 9.53 Å². The largest absolute Gasteiger partial charge is 0.452 e. The lowest BCUT2D eigenvalue weighted by Gasteiger charge is -2.05. The van der Waals surface area contributed by atoms with Gasteiger partial charge in [-0.25, -0.2) is 4.79 Å². The Hall–Kier alpha value is -3.82. The molecule has 1 N–H and O–H groups in total. The van der Waals surface area contributed by atoms with Crippen molar-refractivity contribution < 1.29 is 18.7 Å². The highest BCUT2D eigenvalue weighted by molar-refractivity contribution is 7.14. The maximum atomic E-state index is 12.4. The molecule has 8 nitrogen and oxygen atoms in total. The molecule has 3 rings (SSSR count). The first-order chi connectivity index (χ1) is 13.0. The summed E-state index contributed by atoms with van der Waals surface area (Å²) in [6, 6.07) is 8.97. The second-order valence-electron chi connectivity index (χ2n) is 5.32. The Morgan fingerprint density at radius 2 is 2.04 bits per heavy atom. The molecule has 0 atom stereocenters. The summed E-state index contributed by atoms with van der Waals surface area (Å²) in [5, 5.41) is 22.9. The molecule has 9 heteroatoms. The van der Waals surface area contributed by atoms with Gasteiger partial charge in [0.2, 0.25) is 5.88 Å². The van der Waals surface area contributed by atoms with E-state index in [1.807, 2.05) is 12.1 Å². The van der Waals surface area contributed by atoms with Gasteiger partial charge in [-0.15, -0.1) is 11.3 Å². The molecule has 0 saturated carbocycles. The summed E-state index contributed by atoms with van der Waals surface area (Å²) in [7, 11) is 0. The number of hydrogen-bond donors (Lipinski definition) is 1. The maximum absolute atomic E-state index is 12.4. The van der Waals surface area contributed by atoms with Crippen molar-refractivity contribution in [2.24, 2.45) is 0 Å². The zero-order chi connectivity index (χ0) is 19.4. The van der Waals surface area contributed by atoms with E-state index in [1.54, 1.807) is 40.5 Å². The molecule has 27 heavy (non-hydrogen) atoms. The fourth-order valence-corrected chi connectivity index (χ4v) is 3.14. The number of carbonyl (C=O) groups excluding carboxylic acids is 2. The minimum Gasteiger partial charge on any atom is -0.452 e. The highest BCUT2D eigenvalue weighted by atomic mass is 32.1. The van der Waals surface area contributed by atoms with E-state index in [9.17, 15) is 14.9 Å². The third kappa shape index (κ3) is 3.59. The van der Waals surface area contributed by atoms with Gasteiger partial charge in [0.05, 0.1) is 5.56 Å². The summed E-state index contributed by atoms with van der Waals surface area (Å²) in [6.45, 7) is 0.977. The minimum absolute atomic E-state index is 0.0252. The smallest absolute Gasteiger partial charge is 0.343 e. The molecule has 0 unspecified atom stereocenters.